The van der Waals surface area contributed by atoms with E-state index in [0.29, 0.717) is 5.56 Å². The lowest BCUT2D eigenvalue weighted by atomic mass is 10.1. The summed E-state index contributed by atoms with van der Waals surface area (Å²) in [6.07, 6.45) is 1.50. The van der Waals surface area contributed by atoms with Gasteiger partial charge in [-0.1, -0.05) is 6.07 Å². The molecule has 0 radical (unpaired) electrons. The second-order valence-electron chi connectivity index (χ2n) is 3.42. The van der Waals surface area contributed by atoms with Gasteiger partial charge in [-0.15, -0.1) is 0 Å². The van der Waals surface area contributed by atoms with Gasteiger partial charge in [0.2, 0.25) is 0 Å². The minimum atomic E-state index is -0.842. The number of rotatable bonds is 2. The molecule has 0 bridgehead atoms. The van der Waals surface area contributed by atoms with E-state index in [0.717, 1.165) is 12.8 Å². The van der Waals surface area contributed by atoms with Crippen LogP contribution in [0.1, 0.15) is 18.4 Å². The van der Waals surface area contributed by atoms with E-state index in [9.17, 15) is 8.78 Å². The Bertz CT molecular complexity index is 375. The fourth-order valence-electron chi connectivity index (χ4n) is 1.57. The maximum atomic E-state index is 13.5. The van der Waals surface area contributed by atoms with E-state index in [-0.39, 0.29) is 4.47 Å². The molecule has 0 unspecified atom stereocenters. The van der Waals surface area contributed by atoms with Crippen LogP contribution in [-0.2, 0) is 10.3 Å². The van der Waals surface area contributed by atoms with Crippen LogP contribution in [0.4, 0.5) is 8.78 Å². The van der Waals surface area contributed by atoms with Crippen LogP contribution in [0.5, 0.6) is 0 Å². The first-order valence-corrected chi connectivity index (χ1v) is 5.09. The summed E-state index contributed by atoms with van der Waals surface area (Å²) >= 11 is 2.93. The van der Waals surface area contributed by atoms with E-state index < -0.39 is 17.2 Å². The topological polar surface area (TPSA) is 9.23 Å². The SMILES string of the molecule is COC1(c2ccc(Br)c(F)c2F)CC1. The molecule has 76 valence electrons. The molecule has 14 heavy (non-hydrogen) atoms. The van der Waals surface area contributed by atoms with Crippen molar-refractivity contribution in [3.05, 3.63) is 33.8 Å². The van der Waals surface area contributed by atoms with Crippen molar-refractivity contribution < 1.29 is 13.5 Å². The molecule has 1 aliphatic carbocycles. The highest BCUT2D eigenvalue weighted by Crippen LogP contribution is 2.50. The fourth-order valence-corrected chi connectivity index (χ4v) is 1.88. The lowest BCUT2D eigenvalue weighted by Crippen LogP contribution is -2.12. The van der Waals surface area contributed by atoms with Gasteiger partial charge in [-0.3, -0.25) is 0 Å². The quantitative estimate of drug-likeness (QED) is 0.743. The first kappa shape index (κ1) is 10.1. The average Bonchev–Trinajstić information content (AvgIpc) is 2.95. The van der Waals surface area contributed by atoms with E-state index in [1.54, 1.807) is 6.07 Å². The molecule has 0 amide bonds. The van der Waals surface area contributed by atoms with Gasteiger partial charge in [0.25, 0.3) is 0 Å². The summed E-state index contributed by atoms with van der Waals surface area (Å²) in [4.78, 5) is 0. The Morgan fingerprint density at radius 2 is 1.93 bits per heavy atom. The molecular weight excluding hydrogens is 254 g/mol. The smallest absolute Gasteiger partial charge is 0.173 e. The lowest BCUT2D eigenvalue weighted by molar-refractivity contribution is 0.0750. The minimum absolute atomic E-state index is 0.144. The Balaban J connectivity index is 2.50. The normalized spacial score (nSPS) is 18.3. The zero-order chi connectivity index (χ0) is 10.3. The Morgan fingerprint density at radius 3 is 2.43 bits per heavy atom. The molecule has 0 spiro atoms. The van der Waals surface area contributed by atoms with E-state index >= 15 is 0 Å². The molecule has 2 rings (SSSR count). The van der Waals surface area contributed by atoms with Gasteiger partial charge in [-0.2, -0.15) is 0 Å². The second kappa shape index (κ2) is 3.28. The van der Waals surface area contributed by atoms with Gasteiger partial charge in [-0.25, -0.2) is 8.78 Å². The van der Waals surface area contributed by atoms with Gasteiger partial charge in [0.1, 0.15) is 0 Å². The molecular formula is C10H9BrF2O. The molecule has 4 heteroatoms. The fraction of sp³-hybridized carbons (Fsp3) is 0.400. The van der Waals surface area contributed by atoms with Crippen LogP contribution in [0.15, 0.2) is 16.6 Å². The first-order valence-electron chi connectivity index (χ1n) is 4.30. The van der Waals surface area contributed by atoms with Crippen LogP contribution in [0, 0.1) is 11.6 Å². The van der Waals surface area contributed by atoms with Gasteiger partial charge < -0.3 is 4.74 Å². The second-order valence-corrected chi connectivity index (χ2v) is 4.28. The zero-order valence-corrected chi connectivity index (χ0v) is 9.20. The van der Waals surface area contributed by atoms with Gasteiger partial charge in [0.15, 0.2) is 11.6 Å². The number of methoxy groups -OCH3 is 1. The molecule has 0 heterocycles. The average molecular weight is 263 g/mol. The van der Waals surface area contributed by atoms with Gasteiger partial charge >= 0.3 is 0 Å². The molecule has 1 aliphatic rings. The number of hydrogen-bond acceptors (Lipinski definition) is 1. The van der Waals surface area contributed by atoms with Crippen LogP contribution in [0.3, 0.4) is 0 Å². The Hall–Kier alpha value is -0.480. The first-order chi connectivity index (χ1) is 6.60. The molecule has 1 fully saturated rings. The van der Waals surface area contributed by atoms with Crippen LogP contribution >= 0.6 is 15.9 Å². The Kier molecular flexibility index (Phi) is 2.35. The number of halogens is 3. The molecule has 0 atom stereocenters. The summed E-state index contributed by atoms with van der Waals surface area (Å²) in [5, 5.41) is 0. The molecule has 1 nitrogen and oxygen atoms in total. The van der Waals surface area contributed by atoms with Crippen LogP contribution in [0.2, 0.25) is 0 Å². The van der Waals surface area contributed by atoms with Crippen molar-refractivity contribution in [3.8, 4) is 0 Å². The summed E-state index contributed by atoms with van der Waals surface area (Å²) in [5.41, 5.74) is -0.258. The molecule has 1 aromatic carbocycles. The van der Waals surface area contributed by atoms with Crippen molar-refractivity contribution in [1.82, 2.24) is 0 Å². The van der Waals surface area contributed by atoms with E-state index in [4.69, 9.17) is 4.74 Å². The largest absolute Gasteiger partial charge is 0.373 e. The summed E-state index contributed by atoms with van der Waals surface area (Å²) in [7, 11) is 1.52. The van der Waals surface area contributed by atoms with Gasteiger partial charge in [0, 0.05) is 12.7 Å². The van der Waals surface area contributed by atoms with Crippen molar-refractivity contribution in [3.63, 3.8) is 0 Å². The Morgan fingerprint density at radius 1 is 1.29 bits per heavy atom. The maximum absolute atomic E-state index is 13.5. The van der Waals surface area contributed by atoms with E-state index in [2.05, 4.69) is 15.9 Å². The molecule has 1 saturated carbocycles. The third-order valence-corrected chi connectivity index (χ3v) is 3.23. The van der Waals surface area contributed by atoms with Gasteiger partial charge in [-0.05, 0) is 34.8 Å². The van der Waals surface area contributed by atoms with Crippen molar-refractivity contribution in [2.24, 2.45) is 0 Å². The van der Waals surface area contributed by atoms with Crippen molar-refractivity contribution in [2.75, 3.05) is 7.11 Å². The van der Waals surface area contributed by atoms with Crippen molar-refractivity contribution >= 4 is 15.9 Å². The monoisotopic (exact) mass is 262 g/mol. The standard InChI is InChI=1S/C10H9BrF2O/c1-14-10(4-5-10)6-2-3-7(11)9(13)8(6)12/h2-3H,4-5H2,1H3. The zero-order valence-electron chi connectivity index (χ0n) is 7.61. The van der Waals surface area contributed by atoms with Crippen molar-refractivity contribution in [2.45, 2.75) is 18.4 Å². The van der Waals surface area contributed by atoms with Crippen LogP contribution in [0.25, 0.3) is 0 Å². The van der Waals surface area contributed by atoms with Gasteiger partial charge in [0.05, 0.1) is 10.1 Å². The summed E-state index contributed by atoms with van der Waals surface area (Å²) in [5.74, 6) is -1.65. The molecule has 0 saturated heterocycles. The molecule has 0 aliphatic heterocycles. The summed E-state index contributed by atoms with van der Waals surface area (Å²) in [6.45, 7) is 0. The lowest BCUT2D eigenvalue weighted by Gasteiger charge is -2.15. The van der Waals surface area contributed by atoms with Crippen LogP contribution in [-0.4, -0.2) is 7.11 Å². The summed E-state index contributed by atoms with van der Waals surface area (Å²) in [6, 6.07) is 3.08. The third-order valence-electron chi connectivity index (χ3n) is 2.62. The third kappa shape index (κ3) is 1.37. The van der Waals surface area contributed by atoms with E-state index in [1.165, 1.54) is 13.2 Å². The Labute approximate surface area is 89.2 Å². The minimum Gasteiger partial charge on any atom is -0.373 e. The number of hydrogen-bond donors (Lipinski definition) is 0. The van der Waals surface area contributed by atoms with Crippen molar-refractivity contribution in [1.29, 1.82) is 0 Å². The summed E-state index contributed by atoms with van der Waals surface area (Å²) < 4.78 is 32.0. The number of ether oxygens (including phenoxy) is 1. The highest BCUT2D eigenvalue weighted by atomic mass is 79.9. The molecule has 1 aromatic rings. The predicted octanol–water partition coefficient (Wildman–Crippen LogP) is 3.36. The molecule has 0 N–H and O–H groups in total. The maximum Gasteiger partial charge on any atom is 0.173 e. The molecule has 0 aromatic heterocycles. The highest BCUT2D eigenvalue weighted by molar-refractivity contribution is 9.10. The number of benzene rings is 1. The highest BCUT2D eigenvalue weighted by Gasteiger charge is 2.47. The van der Waals surface area contributed by atoms with Crippen LogP contribution < -0.4 is 0 Å². The van der Waals surface area contributed by atoms with E-state index in [1.807, 2.05) is 0 Å². The predicted molar refractivity (Wildman–Crippen MR) is 52.0 cm³/mol.